The SMILES string of the molecule is [Ba+2].[Ba+2].[Hf+4].[Hf+4].[O-2].[O-2].[O-2].[O-2].[O-2].[O-2].[O-2].[O-2].[O-2].[Pr+3].[Pr+3]. The van der Waals surface area contributed by atoms with Crippen molar-refractivity contribution in [3.8, 4) is 0 Å². The monoisotopic (exact) mass is 1060 g/mol. The molecule has 0 aliphatic heterocycles. The van der Waals surface area contributed by atoms with Gasteiger partial charge in [0.2, 0.25) is 0 Å². The molecular formula is Ba2Hf2O9Pr2. The molecular weight excluding hydrogens is 1060 g/mol. The van der Waals surface area contributed by atoms with Crippen LogP contribution in [0, 0.1) is 82.6 Å². The normalized spacial score (nSPS) is 0. The van der Waals surface area contributed by atoms with Crippen LogP contribution in [0.25, 0.3) is 0 Å². The Kier molecular flexibility index (Phi) is 2110. The fourth-order valence-corrected chi connectivity index (χ4v) is 0. The third-order valence-corrected chi connectivity index (χ3v) is 0. The molecule has 0 aliphatic rings. The Bertz CT molecular complexity index is 24.1. The van der Waals surface area contributed by atoms with Gasteiger partial charge in [-0.25, -0.2) is 0 Å². The van der Waals surface area contributed by atoms with Gasteiger partial charge in [0.15, 0.2) is 0 Å². The van der Waals surface area contributed by atoms with Crippen LogP contribution < -0.4 is 0 Å². The van der Waals surface area contributed by atoms with Gasteiger partial charge in [-0.2, -0.15) is 0 Å². The van der Waals surface area contributed by atoms with Crippen LogP contribution >= 0.6 is 0 Å². The summed E-state index contributed by atoms with van der Waals surface area (Å²) in [4.78, 5) is 0. The first-order valence-corrected chi connectivity index (χ1v) is 0. The summed E-state index contributed by atoms with van der Waals surface area (Å²) in [5.41, 5.74) is 0. The van der Waals surface area contributed by atoms with Crippen molar-refractivity contribution in [1.82, 2.24) is 0 Å². The van der Waals surface area contributed by atoms with Gasteiger partial charge in [0.05, 0.1) is 0 Å². The molecule has 0 saturated carbocycles. The average molecular weight is 1060 g/mol. The predicted molar refractivity (Wildman–Crippen MR) is 17.7 cm³/mol. The Hall–Kier alpha value is 7.25. The Morgan fingerprint density at radius 2 is 0.267 bits per heavy atom. The van der Waals surface area contributed by atoms with E-state index >= 15 is 0 Å². The molecule has 0 atom stereocenters. The molecule has 0 spiro atoms. The third kappa shape index (κ3) is 150. The van der Waals surface area contributed by atoms with Crippen LogP contribution in [0.2, 0.25) is 0 Å². The van der Waals surface area contributed by atoms with Gasteiger partial charge in [-0.3, -0.25) is 0 Å². The molecule has 0 saturated heterocycles. The number of hydrogen-bond acceptors (Lipinski definition) is 0. The third-order valence-electron chi connectivity index (χ3n) is 0. The smallest absolute Gasteiger partial charge is 2.00 e. The number of hydrogen-bond donors (Lipinski definition) is 0. The molecule has 0 aliphatic carbocycles. The van der Waals surface area contributed by atoms with Crippen LogP contribution in [-0.4, -0.2) is 97.8 Å². The van der Waals surface area contributed by atoms with Crippen molar-refractivity contribution in [3.05, 3.63) is 0 Å². The second-order valence-corrected chi connectivity index (χ2v) is 0. The Balaban J connectivity index is 0. The van der Waals surface area contributed by atoms with E-state index in [9.17, 15) is 0 Å². The van der Waals surface area contributed by atoms with Gasteiger partial charge in [0, 0.05) is 0 Å². The second kappa shape index (κ2) is 166. The molecule has 0 radical (unpaired) electrons. The molecule has 0 aromatic carbocycles. The summed E-state index contributed by atoms with van der Waals surface area (Å²) in [6, 6.07) is 0. The summed E-state index contributed by atoms with van der Waals surface area (Å²) < 4.78 is 0. The first kappa shape index (κ1) is 191. The quantitative estimate of drug-likeness (QED) is 0.243. The molecule has 0 aromatic heterocycles. The second-order valence-electron chi connectivity index (χ2n) is 0. The van der Waals surface area contributed by atoms with E-state index in [-0.39, 0.29) is 281 Å². The Morgan fingerprint density at radius 1 is 0.267 bits per heavy atom. The van der Waals surface area contributed by atoms with Gasteiger partial charge in [0.1, 0.15) is 0 Å². The van der Waals surface area contributed by atoms with E-state index in [1.54, 1.807) is 0 Å². The zero-order valence-electron chi connectivity index (χ0n) is 7.24. The van der Waals surface area contributed by atoms with Crippen LogP contribution in [-0.2, 0) is 101 Å². The van der Waals surface area contributed by atoms with Crippen LogP contribution in [0.5, 0.6) is 0 Å². The average Bonchev–Trinajstić information content (AvgIpc) is 0. The first-order valence-electron chi connectivity index (χ1n) is 0. The first-order chi connectivity index (χ1) is 0. The van der Waals surface area contributed by atoms with Crippen LogP contribution in [0.15, 0.2) is 0 Å². The summed E-state index contributed by atoms with van der Waals surface area (Å²) in [5.74, 6) is 0. The molecule has 0 heterocycles. The maximum Gasteiger partial charge on any atom is 4.00 e. The molecule has 0 rings (SSSR count). The van der Waals surface area contributed by atoms with E-state index in [1.165, 1.54) is 0 Å². The summed E-state index contributed by atoms with van der Waals surface area (Å²) in [6.07, 6.45) is 0. The van der Waals surface area contributed by atoms with E-state index in [2.05, 4.69) is 0 Å². The van der Waals surface area contributed by atoms with Crippen LogP contribution in [0.4, 0.5) is 0 Å². The van der Waals surface area contributed by atoms with Gasteiger partial charge >= 0.3 is 232 Å². The van der Waals surface area contributed by atoms with E-state index in [4.69, 9.17) is 0 Å². The van der Waals surface area contributed by atoms with Gasteiger partial charge in [-0.1, -0.05) is 0 Å². The standard InChI is InChI=1S/2Ba.2Hf.9O.2Pr/q2*+2;2*+4;9*-2;2*+3. The molecule has 0 amide bonds. The van der Waals surface area contributed by atoms with Gasteiger partial charge in [0.25, 0.3) is 0 Å². The van der Waals surface area contributed by atoms with E-state index in [0.29, 0.717) is 0 Å². The Morgan fingerprint density at radius 3 is 0.267 bits per heavy atom. The van der Waals surface area contributed by atoms with Crippen molar-refractivity contribution in [1.29, 1.82) is 0 Å². The topological polar surface area (TPSA) is 256 Å². The van der Waals surface area contributed by atoms with Crippen molar-refractivity contribution < 1.29 is 184 Å². The summed E-state index contributed by atoms with van der Waals surface area (Å²) in [7, 11) is 0. The summed E-state index contributed by atoms with van der Waals surface area (Å²) in [5, 5.41) is 0. The minimum Gasteiger partial charge on any atom is -2.00 e. The minimum atomic E-state index is 0. The molecule has 0 unspecified atom stereocenters. The van der Waals surface area contributed by atoms with E-state index in [1.807, 2.05) is 0 Å². The largest absolute Gasteiger partial charge is 4.00 e. The van der Waals surface area contributed by atoms with Crippen molar-refractivity contribution >= 4 is 97.8 Å². The predicted octanol–water partition coefficient (Wildman–Crippen LogP) is -1.84. The van der Waals surface area contributed by atoms with Gasteiger partial charge < -0.3 is 49.3 Å². The molecule has 0 aromatic rings. The molecule has 0 N–H and O–H groups in total. The van der Waals surface area contributed by atoms with E-state index < -0.39 is 0 Å². The zero-order valence-corrected chi connectivity index (χ0v) is 30.7. The molecule has 0 fully saturated rings. The van der Waals surface area contributed by atoms with Gasteiger partial charge in [-0.15, -0.1) is 0 Å². The van der Waals surface area contributed by atoms with E-state index in [0.717, 1.165) is 0 Å². The van der Waals surface area contributed by atoms with Crippen molar-refractivity contribution in [3.63, 3.8) is 0 Å². The molecule has 15 heteroatoms. The van der Waals surface area contributed by atoms with Crippen molar-refractivity contribution in [2.24, 2.45) is 0 Å². The molecule has 72 valence electrons. The zero-order chi connectivity index (χ0) is 0. The van der Waals surface area contributed by atoms with Crippen molar-refractivity contribution in [2.45, 2.75) is 0 Å². The van der Waals surface area contributed by atoms with Crippen LogP contribution in [0.1, 0.15) is 0 Å². The molecule has 15 heavy (non-hydrogen) atoms. The summed E-state index contributed by atoms with van der Waals surface area (Å²) in [6.45, 7) is 0. The summed E-state index contributed by atoms with van der Waals surface area (Å²) >= 11 is 0. The molecule has 9 nitrogen and oxygen atoms in total. The minimum absolute atomic E-state index is 0. The maximum absolute atomic E-state index is 0. The Labute approximate surface area is 273 Å². The maximum atomic E-state index is 0. The van der Waals surface area contributed by atoms with Crippen molar-refractivity contribution in [2.75, 3.05) is 0 Å². The fourth-order valence-electron chi connectivity index (χ4n) is 0. The van der Waals surface area contributed by atoms with Crippen LogP contribution in [0.3, 0.4) is 0 Å². The number of rotatable bonds is 0. The fraction of sp³-hybridized carbons (Fsp3) is 0. The molecule has 0 bridgehead atoms. The van der Waals surface area contributed by atoms with Gasteiger partial charge in [-0.05, 0) is 0 Å².